The summed E-state index contributed by atoms with van der Waals surface area (Å²) in [4.78, 5) is 37.6. The highest BCUT2D eigenvalue weighted by Gasteiger charge is 2.15. The zero-order valence-electron chi connectivity index (χ0n) is 16.7. The number of hydrogen-bond acceptors (Lipinski definition) is 4. The van der Waals surface area contributed by atoms with Gasteiger partial charge in [-0.15, -0.1) is 0 Å². The van der Waals surface area contributed by atoms with Crippen LogP contribution in [-0.4, -0.2) is 37.9 Å². The van der Waals surface area contributed by atoms with Crippen molar-refractivity contribution in [2.75, 3.05) is 35.7 Å². The molecule has 0 aliphatic carbocycles. The summed E-state index contributed by atoms with van der Waals surface area (Å²) >= 11 is 0. The lowest BCUT2D eigenvalue weighted by molar-refractivity contribution is -0.136. The molecule has 2 aromatic rings. The van der Waals surface area contributed by atoms with Crippen LogP contribution in [0.4, 0.5) is 17.1 Å². The Morgan fingerprint density at radius 1 is 1.00 bits per heavy atom. The molecule has 1 aliphatic heterocycles. The first-order valence-electron chi connectivity index (χ1n) is 9.72. The first kappa shape index (κ1) is 20.4. The molecule has 29 heavy (non-hydrogen) atoms. The molecule has 3 N–H and O–H groups in total. The molecule has 0 saturated carbocycles. The van der Waals surface area contributed by atoms with Crippen LogP contribution in [-0.2, 0) is 27.2 Å². The van der Waals surface area contributed by atoms with E-state index in [9.17, 15) is 14.4 Å². The largest absolute Gasteiger partial charge is 0.374 e. The van der Waals surface area contributed by atoms with E-state index in [0.717, 1.165) is 24.9 Å². The van der Waals surface area contributed by atoms with Gasteiger partial charge >= 0.3 is 11.8 Å². The van der Waals surface area contributed by atoms with E-state index in [-0.39, 0.29) is 5.91 Å². The minimum atomic E-state index is -0.739. The number of anilines is 3. The quantitative estimate of drug-likeness (QED) is 0.679. The first-order chi connectivity index (χ1) is 13.9. The first-order valence-corrected chi connectivity index (χ1v) is 9.72. The Balaban J connectivity index is 1.49. The van der Waals surface area contributed by atoms with Crippen LogP contribution >= 0.6 is 0 Å². The molecule has 0 radical (unpaired) electrons. The zero-order valence-corrected chi connectivity index (χ0v) is 16.7. The van der Waals surface area contributed by atoms with Crippen LogP contribution in [0, 0.1) is 0 Å². The number of nitrogens with zero attached hydrogens (tertiary/aromatic N) is 1. The predicted octanol–water partition coefficient (Wildman–Crippen LogP) is 2.32. The van der Waals surface area contributed by atoms with Gasteiger partial charge in [0.1, 0.15) is 0 Å². The van der Waals surface area contributed by atoms with Crippen molar-refractivity contribution in [2.24, 2.45) is 0 Å². The Morgan fingerprint density at radius 3 is 2.52 bits per heavy atom. The maximum absolute atomic E-state index is 12.1. The second-order valence-corrected chi connectivity index (χ2v) is 7.21. The number of benzene rings is 2. The van der Waals surface area contributed by atoms with Crippen LogP contribution in [0.2, 0.25) is 0 Å². The van der Waals surface area contributed by atoms with E-state index in [1.165, 1.54) is 18.2 Å². The molecule has 152 valence electrons. The average Bonchev–Trinajstić information content (AvgIpc) is 2.67. The number of fused-ring (bicyclic) bond motifs is 1. The van der Waals surface area contributed by atoms with Gasteiger partial charge in [-0.3, -0.25) is 14.4 Å². The summed E-state index contributed by atoms with van der Waals surface area (Å²) in [5.74, 6) is -1.63. The van der Waals surface area contributed by atoms with Crippen molar-refractivity contribution >= 4 is 34.8 Å². The van der Waals surface area contributed by atoms with E-state index in [1.807, 2.05) is 0 Å². The molecule has 0 saturated heterocycles. The number of aryl methyl sites for hydroxylation is 1. The summed E-state index contributed by atoms with van der Waals surface area (Å²) in [7, 11) is 2.10. The Morgan fingerprint density at radius 2 is 1.76 bits per heavy atom. The van der Waals surface area contributed by atoms with Crippen LogP contribution in [0.25, 0.3) is 0 Å². The van der Waals surface area contributed by atoms with E-state index in [1.54, 1.807) is 24.3 Å². The highest BCUT2D eigenvalue weighted by molar-refractivity contribution is 6.39. The fourth-order valence-corrected chi connectivity index (χ4v) is 3.46. The standard InChI is InChI=1S/C22H26N4O3/c1-15(27)24-18-6-3-7-19(14-18)25-22(29)21(28)23-11-10-16-8-9-20-17(13-16)5-4-12-26(20)2/h3,6-9,13-14H,4-5,10-12H2,1-2H3,(H,23,28)(H,24,27)(H,25,29). The summed E-state index contributed by atoms with van der Waals surface area (Å²) in [6.45, 7) is 2.86. The van der Waals surface area contributed by atoms with E-state index < -0.39 is 11.8 Å². The fourth-order valence-electron chi connectivity index (χ4n) is 3.46. The van der Waals surface area contributed by atoms with E-state index in [2.05, 4.69) is 46.1 Å². The van der Waals surface area contributed by atoms with Crippen molar-refractivity contribution in [2.45, 2.75) is 26.2 Å². The third-order valence-corrected chi connectivity index (χ3v) is 4.84. The van der Waals surface area contributed by atoms with Crippen LogP contribution in [0.15, 0.2) is 42.5 Å². The van der Waals surface area contributed by atoms with Gasteiger partial charge in [-0.1, -0.05) is 18.2 Å². The highest BCUT2D eigenvalue weighted by atomic mass is 16.2. The molecule has 2 aromatic carbocycles. The van der Waals surface area contributed by atoms with Crippen LogP contribution in [0.5, 0.6) is 0 Å². The Bertz CT molecular complexity index is 926. The lowest BCUT2D eigenvalue weighted by Crippen LogP contribution is -2.36. The maximum Gasteiger partial charge on any atom is 0.313 e. The minimum absolute atomic E-state index is 0.208. The maximum atomic E-state index is 12.1. The fraction of sp³-hybridized carbons (Fsp3) is 0.318. The van der Waals surface area contributed by atoms with Crippen molar-refractivity contribution < 1.29 is 14.4 Å². The van der Waals surface area contributed by atoms with Gasteiger partial charge in [0, 0.05) is 44.1 Å². The minimum Gasteiger partial charge on any atom is -0.374 e. The third-order valence-electron chi connectivity index (χ3n) is 4.84. The molecule has 0 fully saturated rings. The monoisotopic (exact) mass is 394 g/mol. The molecule has 0 aromatic heterocycles. The molecule has 3 rings (SSSR count). The summed E-state index contributed by atoms with van der Waals surface area (Å²) in [5.41, 5.74) is 4.73. The Kier molecular flexibility index (Phi) is 6.49. The highest BCUT2D eigenvalue weighted by Crippen LogP contribution is 2.26. The molecule has 0 bridgehead atoms. The van der Waals surface area contributed by atoms with Gasteiger partial charge in [-0.2, -0.15) is 0 Å². The number of carbonyl (C=O) groups is 3. The summed E-state index contributed by atoms with van der Waals surface area (Å²) in [6, 6.07) is 13.0. The average molecular weight is 394 g/mol. The van der Waals surface area contributed by atoms with Crippen LogP contribution < -0.4 is 20.9 Å². The molecular formula is C22H26N4O3. The Hall–Kier alpha value is -3.35. The third kappa shape index (κ3) is 5.57. The normalized spacial score (nSPS) is 12.7. The second-order valence-electron chi connectivity index (χ2n) is 7.21. The number of carbonyl (C=O) groups excluding carboxylic acids is 3. The summed E-state index contributed by atoms with van der Waals surface area (Å²) < 4.78 is 0. The summed E-state index contributed by atoms with van der Waals surface area (Å²) in [5, 5.41) is 7.83. The van der Waals surface area contributed by atoms with Crippen LogP contribution in [0.3, 0.4) is 0 Å². The molecule has 3 amide bonds. The number of amides is 3. The van der Waals surface area contributed by atoms with Gasteiger partial charge in [0.25, 0.3) is 0 Å². The van der Waals surface area contributed by atoms with Crippen molar-refractivity contribution in [3.05, 3.63) is 53.6 Å². The molecule has 0 spiro atoms. The Labute approximate surface area is 170 Å². The lowest BCUT2D eigenvalue weighted by Gasteiger charge is -2.27. The molecule has 7 nitrogen and oxygen atoms in total. The smallest absolute Gasteiger partial charge is 0.313 e. The molecule has 0 unspecified atom stereocenters. The van der Waals surface area contributed by atoms with Gasteiger partial charge < -0.3 is 20.9 Å². The van der Waals surface area contributed by atoms with Crippen molar-refractivity contribution in [3.63, 3.8) is 0 Å². The lowest BCUT2D eigenvalue weighted by atomic mass is 9.98. The van der Waals surface area contributed by atoms with Gasteiger partial charge in [-0.25, -0.2) is 0 Å². The van der Waals surface area contributed by atoms with Crippen molar-refractivity contribution in [3.8, 4) is 0 Å². The van der Waals surface area contributed by atoms with Crippen LogP contribution in [0.1, 0.15) is 24.5 Å². The zero-order chi connectivity index (χ0) is 20.8. The van der Waals surface area contributed by atoms with Gasteiger partial charge in [0.15, 0.2) is 0 Å². The topological polar surface area (TPSA) is 90.5 Å². The van der Waals surface area contributed by atoms with E-state index in [0.29, 0.717) is 24.3 Å². The van der Waals surface area contributed by atoms with Crippen molar-refractivity contribution in [1.29, 1.82) is 0 Å². The van der Waals surface area contributed by atoms with E-state index >= 15 is 0 Å². The number of hydrogen-bond donors (Lipinski definition) is 3. The predicted molar refractivity (Wildman–Crippen MR) is 114 cm³/mol. The van der Waals surface area contributed by atoms with Crippen molar-refractivity contribution in [1.82, 2.24) is 5.32 Å². The molecular weight excluding hydrogens is 368 g/mol. The second kappa shape index (κ2) is 9.23. The van der Waals surface area contributed by atoms with Gasteiger partial charge in [0.05, 0.1) is 0 Å². The van der Waals surface area contributed by atoms with Gasteiger partial charge in [-0.05, 0) is 54.7 Å². The molecule has 1 heterocycles. The van der Waals surface area contributed by atoms with E-state index in [4.69, 9.17) is 0 Å². The summed E-state index contributed by atoms with van der Waals surface area (Å²) in [6.07, 6.45) is 2.88. The SMILES string of the molecule is CC(=O)Nc1cccc(NC(=O)C(=O)NCCc2ccc3c(c2)CCCN3C)c1. The molecule has 0 atom stereocenters. The van der Waals surface area contributed by atoms with Gasteiger partial charge in [0.2, 0.25) is 5.91 Å². The molecule has 1 aliphatic rings. The number of nitrogens with one attached hydrogen (secondary N) is 3. The number of rotatable bonds is 5. The molecule has 7 heteroatoms.